The van der Waals surface area contributed by atoms with E-state index < -0.39 is 6.04 Å². The number of aryl methyl sites for hydroxylation is 2. The van der Waals surface area contributed by atoms with Crippen molar-refractivity contribution >= 4 is 28.4 Å². The fraction of sp³-hybridized carbons (Fsp3) is 0.371. The van der Waals surface area contributed by atoms with Gasteiger partial charge in [0.15, 0.2) is 11.5 Å². The lowest BCUT2D eigenvalue weighted by molar-refractivity contribution is -0.127. The van der Waals surface area contributed by atoms with Gasteiger partial charge in [0, 0.05) is 28.8 Å². The topological polar surface area (TPSA) is 92.9 Å². The van der Waals surface area contributed by atoms with Crippen molar-refractivity contribution in [3.05, 3.63) is 83.0 Å². The monoisotopic (exact) mass is 583 g/mol. The summed E-state index contributed by atoms with van der Waals surface area (Å²) in [5, 5.41) is 4.27. The zero-order chi connectivity index (χ0) is 30.5. The van der Waals surface area contributed by atoms with Crippen LogP contribution in [0.4, 0.5) is 5.69 Å². The molecule has 5 rings (SSSR count). The van der Waals surface area contributed by atoms with E-state index in [1.54, 1.807) is 38.4 Å². The minimum atomic E-state index is -0.990. The van der Waals surface area contributed by atoms with E-state index in [4.69, 9.17) is 14.2 Å². The Balaban J connectivity index is 1.66. The van der Waals surface area contributed by atoms with E-state index in [0.717, 1.165) is 53.3 Å². The van der Waals surface area contributed by atoms with Crippen molar-refractivity contribution in [3.63, 3.8) is 0 Å². The van der Waals surface area contributed by atoms with Crippen molar-refractivity contribution in [3.8, 4) is 17.2 Å². The first kappa shape index (κ1) is 30.0. The second kappa shape index (κ2) is 13.2. The summed E-state index contributed by atoms with van der Waals surface area (Å²) in [6.07, 6.45) is 7.12. The molecule has 0 radical (unpaired) electrons. The Labute approximate surface area is 253 Å². The van der Waals surface area contributed by atoms with E-state index in [1.165, 1.54) is 6.42 Å². The average Bonchev–Trinajstić information content (AvgIpc) is 3.43. The summed E-state index contributed by atoms with van der Waals surface area (Å²) < 4.78 is 16.9. The minimum Gasteiger partial charge on any atom is -0.493 e. The number of aromatic amines is 1. The van der Waals surface area contributed by atoms with Crippen LogP contribution in [0.2, 0.25) is 0 Å². The summed E-state index contributed by atoms with van der Waals surface area (Å²) in [7, 11) is 4.63. The lowest BCUT2D eigenvalue weighted by Gasteiger charge is -2.34. The van der Waals surface area contributed by atoms with Crippen LogP contribution in [0.25, 0.3) is 10.9 Å². The molecular weight excluding hydrogens is 542 g/mol. The smallest absolute Gasteiger partial charge is 0.248 e. The molecule has 8 heteroatoms. The maximum Gasteiger partial charge on any atom is 0.248 e. The van der Waals surface area contributed by atoms with Crippen LogP contribution in [0.15, 0.2) is 60.8 Å². The molecule has 0 bridgehead atoms. The van der Waals surface area contributed by atoms with Crippen LogP contribution in [0, 0.1) is 13.8 Å². The Kier molecular flexibility index (Phi) is 9.24. The van der Waals surface area contributed by atoms with Crippen LogP contribution >= 0.6 is 0 Å². The third kappa shape index (κ3) is 6.33. The highest BCUT2D eigenvalue weighted by molar-refractivity contribution is 6.03. The molecule has 0 spiro atoms. The van der Waals surface area contributed by atoms with Gasteiger partial charge in [-0.25, -0.2) is 0 Å². The van der Waals surface area contributed by atoms with E-state index in [1.807, 2.05) is 62.5 Å². The van der Waals surface area contributed by atoms with Gasteiger partial charge in [-0.15, -0.1) is 0 Å². The number of para-hydroxylation sites is 1. The number of benzene rings is 3. The van der Waals surface area contributed by atoms with Gasteiger partial charge in [0.05, 0.1) is 27.8 Å². The quantitative estimate of drug-likeness (QED) is 0.220. The van der Waals surface area contributed by atoms with Crippen LogP contribution < -0.4 is 24.4 Å². The first-order valence-corrected chi connectivity index (χ1v) is 14.9. The number of carbonyl (C=O) groups excluding carboxylic acids is 2. The lowest BCUT2D eigenvalue weighted by Crippen LogP contribution is -2.47. The molecule has 1 fully saturated rings. The Morgan fingerprint density at radius 1 is 0.907 bits per heavy atom. The van der Waals surface area contributed by atoms with E-state index in [9.17, 15) is 9.59 Å². The highest BCUT2D eigenvalue weighted by Crippen LogP contribution is 2.42. The Bertz CT molecular complexity index is 1580. The molecule has 1 heterocycles. The molecule has 2 amide bonds. The lowest BCUT2D eigenvalue weighted by atomic mass is 9.94. The highest BCUT2D eigenvalue weighted by atomic mass is 16.5. The van der Waals surface area contributed by atoms with E-state index in [2.05, 4.69) is 10.3 Å². The van der Waals surface area contributed by atoms with Crippen LogP contribution in [-0.2, 0) is 16.0 Å². The molecule has 1 saturated carbocycles. The van der Waals surface area contributed by atoms with Gasteiger partial charge in [-0.3, -0.25) is 14.5 Å². The van der Waals surface area contributed by atoms with Gasteiger partial charge in [0.1, 0.15) is 6.04 Å². The number of aromatic nitrogens is 1. The summed E-state index contributed by atoms with van der Waals surface area (Å²) in [5.74, 6) is 0.799. The van der Waals surface area contributed by atoms with E-state index in [-0.39, 0.29) is 24.3 Å². The largest absolute Gasteiger partial charge is 0.493 e. The number of hydrogen-bond donors (Lipinski definition) is 2. The molecule has 1 atom stereocenters. The molecule has 1 aromatic heterocycles. The number of carbonyl (C=O) groups is 2. The zero-order valence-corrected chi connectivity index (χ0v) is 25.7. The molecule has 3 aromatic carbocycles. The predicted molar refractivity (Wildman–Crippen MR) is 169 cm³/mol. The van der Waals surface area contributed by atoms with Gasteiger partial charge in [-0.1, -0.05) is 43.5 Å². The molecule has 1 aliphatic carbocycles. The number of nitrogens with one attached hydrogen (secondary N) is 2. The molecule has 226 valence electrons. The molecule has 43 heavy (non-hydrogen) atoms. The number of hydrogen-bond acceptors (Lipinski definition) is 5. The number of amides is 2. The normalized spacial score (nSPS) is 14.3. The number of fused-ring (bicyclic) bond motifs is 1. The molecule has 1 aliphatic rings. The van der Waals surface area contributed by atoms with Crippen molar-refractivity contribution in [2.45, 2.75) is 64.5 Å². The standard InChI is InChI=1S/C35H41N3O5/c1-22-15-16-27(17-23(22)2)38(32(39)20-25-21-36-29-14-10-9-13-28(25)29)33(35(40)37-26-11-7-6-8-12-26)24-18-30(41-3)34(43-5)31(19-24)42-4/h9-10,13-19,21,26,33,36H,6-8,11-12,20H2,1-5H3,(H,37,40)/t33-/m0/s1. The van der Waals surface area contributed by atoms with E-state index >= 15 is 0 Å². The Hall–Kier alpha value is -4.46. The van der Waals surface area contributed by atoms with Crippen LogP contribution in [0.5, 0.6) is 17.2 Å². The van der Waals surface area contributed by atoms with Gasteiger partial charge in [-0.2, -0.15) is 0 Å². The summed E-state index contributed by atoms with van der Waals surface area (Å²) in [4.78, 5) is 33.9. The fourth-order valence-electron chi connectivity index (χ4n) is 6.04. The summed E-state index contributed by atoms with van der Waals surface area (Å²) in [6.45, 7) is 4.04. The molecule has 4 aromatic rings. The summed E-state index contributed by atoms with van der Waals surface area (Å²) in [5.41, 5.74) is 5.16. The molecule has 0 saturated heterocycles. The molecule has 2 N–H and O–H groups in total. The number of anilines is 1. The average molecular weight is 584 g/mol. The van der Waals surface area contributed by atoms with Crippen molar-refractivity contribution in [1.29, 1.82) is 0 Å². The van der Waals surface area contributed by atoms with Crippen LogP contribution in [0.3, 0.4) is 0 Å². The third-order valence-electron chi connectivity index (χ3n) is 8.51. The van der Waals surface area contributed by atoms with Crippen molar-refractivity contribution < 1.29 is 23.8 Å². The first-order valence-electron chi connectivity index (χ1n) is 14.9. The first-order chi connectivity index (χ1) is 20.8. The third-order valence-corrected chi connectivity index (χ3v) is 8.51. The fourth-order valence-corrected chi connectivity index (χ4v) is 6.04. The summed E-state index contributed by atoms with van der Waals surface area (Å²) in [6, 6.07) is 16.4. The second-order valence-corrected chi connectivity index (χ2v) is 11.3. The molecule has 8 nitrogen and oxygen atoms in total. The van der Waals surface area contributed by atoms with Gasteiger partial charge >= 0.3 is 0 Å². The summed E-state index contributed by atoms with van der Waals surface area (Å²) >= 11 is 0. The number of methoxy groups -OCH3 is 3. The van der Waals surface area contributed by atoms with Gasteiger partial charge in [-0.05, 0) is 79.3 Å². The van der Waals surface area contributed by atoms with Crippen molar-refractivity contribution in [2.75, 3.05) is 26.2 Å². The van der Waals surface area contributed by atoms with Crippen molar-refractivity contribution in [1.82, 2.24) is 10.3 Å². The molecule has 0 unspecified atom stereocenters. The maximum absolute atomic E-state index is 14.5. The van der Waals surface area contributed by atoms with Gasteiger partial charge in [0.25, 0.3) is 0 Å². The SMILES string of the molecule is COc1cc([C@@H](C(=O)NC2CCCCC2)N(C(=O)Cc2c[nH]c3ccccc23)c2ccc(C)c(C)c2)cc(OC)c1OC. The number of rotatable bonds is 10. The van der Waals surface area contributed by atoms with E-state index in [0.29, 0.717) is 28.5 Å². The second-order valence-electron chi connectivity index (χ2n) is 11.3. The Morgan fingerprint density at radius 3 is 2.26 bits per heavy atom. The molecule has 0 aliphatic heterocycles. The van der Waals surface area contributed by atoms with Gasteiger partial charge in [0.2, 0.25) is 17.6 Å². The minimum absolute atomic E-state index is 0.0520. The van der Waals surface area contributed by atoms with Crippen molar-refractivity contribution in [2.24, 2.45) is 0 Å². The molecular formula is C35H41N3O5. The van der Waals surface area contributed by atoms with Crippen LogP contribution in [-0.4, -0.2) is 44.2 Å². The number of H-pyrrole nitrogens is 1. The number of nitrogens with zero attached hydrogens (tertiary/aromatic N) is 1. The van der Waals surface area contributed by atoms with Crippen LogP contribution in [0.1, 0.15) is 60.4 Å². The predicted octanol–water partition coefficient (Wildman–Crippen LogP) is 6.58. The van der Waals surface area contributed by atoms with Gasteiger partial charge < -0.3 is 24.5 Å². The zero-order valence-electron chi connectivity index (χ0n) is 25.7. The Morgan fingerprint density at radius 2 is 1.60 bits per heavy atom. The highest BCUT2D eigenvalue weighted by Gasteiger charge is 2.36. The number of ether oxygens (including phenoxy) is 3. The maximum atomic E-state index is 14.5.